The smallest absolute Gasteiger partial charge is 0.257 e. The van der Waals surface area contributed by atoms with E-state index in [1.54, 1.807) is 30.0 Å². The molecule has 1 N–H and O–H groups in total. The lowest BCUT2D eigenvalue weighted by atomic mass is 10.2. The zero-order valence-corrected chi connectivity index (χ0v) is 16.8. The highest BCUT2D eigenvalue weighted by Crippen LogP contribution is 2.27. The van der Waals surface area contributed by atoms with Gasteiger partial charge in [-0.15, -0.1) is 10.2 Å². The number of aromatic nitrogens is 2. The van der Waals surface area contributed by atoms with Crippen molar-refractivity contribution in [2.24, 2.45) is 5.92 Å². The molecule has 0 bridgehead atoms. The minimum Gasteiger partial charge on any atom is -0.489 e. The highest BCUT2D eigenvalue weighted by Gasteiger charge is 2.12. The molecule has 27 heavy (non-hydrogen) atoms. The van der Waals surface area contributed by atoms with Crippen LogP contribution in [0.15, 0.2) is 58.9 Å². The summed E-state index contributed by atoms with van der Waals surface area (Å²) in [5.41, 5.74) is 1.60. The fraction of sp³-hybridized carbons (Fsp3) is 0.250. The number of hydrogen-bond donors (Lipinski definition) is 1. The summed E-state index contributed by atoms with van der Waals surface area (Å²) in [5.74, 6) is 1.98. The van der Waals surface area contributed by atoms with Crippen molar-refractivity contribution < 1.29 is 9.53 Å². The average Bonchev–Trinajstić information content (AvgIpc) is 3.13. The Hall–Kier alpha value is -2.38. The Morgan fingerprint density at radius 1 is 1.15 bits per heavy atom. The first-order valence-corrected chi connectivity index (χ1v) is 10.4. The predicted molar refractivity (Wildman–Crippen MR) is 111 cm³/mol. The number of nitrogens with one attached hydrogen (secondary N) is 1. The number of hydrogen-bond acceptors (Lipinski definition) is 6. The average molecular weight is 400 g/mol. The number of amides is 1. The first kappa shape index (κ1) is 19.4. The van der Waals surface area contributed by atoms with Crippen LogP contribution in [0.25, 0.3) is 0 Å². The van der Waals surface area contributed by atoms with E-state index in [0.717, 1.165) is 15.7 Å². The molecular weight excluding hydrogens is 378 g/mol. The summed E-state index contributed by atoms with van der Waals surface area (Å²) in [5, 5.41) is 11.5. The topological polar surface area (TPSA) is 64.1 Å². The standard InChI is InChI=1S/C20H21N3O2S2/c1-14(2)13-26-20-23-22-19(27-20)21-18(24)16-9-6-10-17(11-16)25-12-15-7-4-3-5-8-15/h3-11,14H,12-13H2,1-2H3,(H,21,22,24). The lowest BCUT2D eigenvalue weighted by Gasteiger charge is -2.08. The first-order chi connectivity index (χ1) is 13.1. The third kappa shape index (κ3) is 6.08. The predicted octanol–water partition coefficient (Wildman–Crippen LogP) is 5.12. The van der Waals surface area contributed by atoms with Gasteiger partial charge >= 0.3 is 0 Å². The molecule has 1 amide bonds. The molecule has 0 saturated heterocycles. The van der Waals surface area contributed by atoms with E-state index in [-0.39, 0.29) is 5.91 Å². The van der Waals surface area contributed by atoms with Gasteiger partial charge in [-0.3, -0.25) is 10.1 Å². The molecule has 0 atom stereocenters. The summed E-state index contributed by atoms with van der Waals surface area (Å²) in [6, 6.07) is 17.0. The summed E-state index contributed by atoms with van der Waals surface area (Å²) in [4.78, 5) is 12.5. The van der Waals surface area contributed by atoms with Crippen LogP contribution in [0, 0.1) is 5.92 Å². The van der Waals surface area contributed by atoms with Crippen LogP contribution in [0.4, 0.5) is 5.13 Å². The normalized spacial score (nSPS) is 10.8. The molecule has 0 unspecified atom stereocenters. The number of rotatable bonds is 8. The van der Waals surface area contributed by atoms with Crippen LogP contribution < -0.4 is 10.1 Å². The number of carbonyl (C=O) groups is 1. The lowest BCUT2D eigenvalue weighted by molar-refractivity contribution is 0.102. The molecule has 0 aliphatic rings. The molecule has 140 valence electrons. The molecule has 0 radical (unpaired) electrons. The van der Waals surface area contributed by atoms with Gasteiger partial charge in [-0.25, -0.2) is 0 Å². The van der Waals surface area contributed by atoms with Crippen molar-refractivity contribution in [3.05, 3.63) is 65.7 Å². The first-order valence-electron chi connectivity index (χ1n) is 8.64. The van der Waals surface area contributed by atoms with E-state index in [0.29, 0.717) is 29.0 Å². The third-order valence-corrected chi connectivity index (χ3v) is 5.91. The number of anilines is 1. The lowest BCUT2D eigenvalue weighted by Crippen LogP contribution is -2.11. The highest BCUT2D eigenvalue weighted by atomic mass is 32.2. The zero-order valence-electron chi connectivity index (χ0n) is 15.2. The van der Waals surface area contributed by atoms with Crippen LogP contribution in [0.1, 0.15) is 29.8 Å². The summed E-state index contributed by atoms with van der Waals surface area (Å²) >= 11 is 3.04. The zero-order chi connectivity index (χ0) is 19.1. The SMILES string of the molecule is CC(C)CSc1nnc(NC(=O)c2cccc(OCc3ccccc3)c2)s1. The fourth-order valence-electron chi connectivity index (χ4n) is 2.19. The fourth-order valence-corrected chi connectivity index (χ4v) is 3.92. The Morgan fingerprint density at radius 2 is 1.96 bits per heavy atom. The second-order valence-corrected chi connectivity index (χ2v) is 8.58. The minimum atomic E-state index is -0.225. The van der Waals surface area contributed by atoms with Crippen molar-refractivity contribution in [3.8, 4) is 5.75 Å². The van der Waals surface area contributed by atoms with E-state index in [9.17, 15) is 4.79 Å². The van der Waals surface area contributed by atoms with E-state index in [1.807, 2.05) is 36.4 Å². The van der Waals surface area contributed by atoms with E-state index >= 15 is 0 Å². The summed E-state index contributed by atoms with van der Waals surface area (Å²) in [6.07, 6.45) is 0. The largest absolute Gasteiger partial charge is 0.489 e. The van der Waals surface area contributed by atoms with Gasteiger partial charge in [0.2, 0.25) is 5.13 Å². The maximum Gasteiger partial charge on any atom is 0.257 e. The summed E-state index contributed by atoms with van der Waals surface area (Å²) in [7, 11) is 0. The number of benzene rings is 2. The van der Waals surface area contributed by atoms with Crippen molar-refractivity contribution in [1.82, 2.24) is 10.2 Å². The van der Waals surface area contributed by atoms with Gasteiger partial charge in [0, 0.05) is 11.3 Å². The molecule has 1 aromatic heterocycles. The van der Waals surface area contributed by atoms with Crippen LogP contribution in [0.5, 0.6) is 5.75 Å². The highest BCUT2D eigenvalue weighted by molar-refractivity contribution is 8.01. The van der Waals surface area contributed by atoms with E-state index < -0.39 is 0 Å². The van der Waals surface area contributed by atoms with Gasteiger partial charge in [-0.05, 0) is 29.7 Å². The number of ether oxygens (including phenoxy) is 1. The molecule has 0 saturated carbocycles. The van der Waals surface area contributed by atoms with E-state index in [4.69, 9.17) is 4.74 Å². The minimum absolute atomic E-state index is 0.225. The van der Waals surface area contributed by atoms with Gasteiger partial charge in [-0.1, -0.05) is 73.3 Å². The van der Waals surface area contributed by atoms with Gasteiger partial charge in [0.1, 0.15) is 12.4 Å². The summed E-state index contributed by atoms with van der Waals surface area (Å²) in [6.45, 7) is 4.77. The molecule has 0 spiro atoms. The molecule has 3 aromatic rings. The van der Waals surface area contributed by atoms with Gasteiger partial charge in [0.15, 0.2) is 4.34 Å². The Labute approximate surface area is 167 Å². The van der Waals surface area contributed by atoms with Crippen LogP contribution in [0.3, 0.4) is 0 Å². The maximum atomic E-state index is 12.5. The molecule has 2 aromatic carbocycles. The van der Waals surface area contributed by atoms with E-state index in [1.165, 1.54) is 11.3 Å². The molecule has 0 aliphatic carbocycles. The van der Waals surface area contributed by atoms with Crippen molar-refractivity contribution in [1.29, 1.82) is 0 Å². The number of nitrogens with zero attached hydrogens (tertiary/aromatic N) is 2. The van der Waals surface area contributed by atoms with Gasteiger partial charge in [0.25, 0.3) is 5.91 Å². The second-order valence-electron chi connectivity index (χ2n) is 6.33. The molecular formula is C20H21N3O2S2. The molecule has 0 fully saturated rings. The Kier molecular flexibility index (Phi) is 6.84. The van der Waals surface area contributed by atoms with Gasteiger partial charge < -0.3 is 4.74 Å². The molecule has 1 heterocycles. The molecule has 5 nitrogen and oxygen atoms in total. The number of thioether (sulfide) groups is 1. The van der Waals surface area contributed by atoms with Crippen LogP contribution in [-0.4, -0.2) is 21.9 Å². The van der Waals surface area contributed by atoms with Crippen LogP contribution in [-0.2, 0) is 6.61 Å². The summed E-state index contributed by atoms with van der Waals surface area (Å²) < 4.78 is 6.64. The van der Waals surface area contributed by atoms with E-state index in [2.05, 4.69) is 29.4 Å². The second kappa shape index (κ2) is 9.53. The van der Waals surface area contributed by atoms with Gasteiger partial charge in [-0.2, -0.15) is 0 Å². The maximum absolute atomic E-state index is 12.5. The molecule has 3 rings (SSSR count). The van der Waals surface area contributed by atoms with Crippen molar-refractivity contribution in [3.63, 3.8) is 0 Å². The van der Waals surface area contributed by atoms with Crippen LogP contribution in [0.2, 0.25) is 0 Å². The Morgan fingerprint density at radius 3 is 2.74 bits per heavy atom. The number of carbonyl (C=O) groups excluding carboxylic acids is 1. The van der Waals surface area contributed by atoms with Crippen molar-refractivity contribution in [2.45, 2.75) is 24.8 Å². The Balaban J connectivity index is 1.58. The molecule has 7 heteroatoms. The van der Waals surface area contributed by atoms with Crippen LogP contribution >= 0.6 is 23.1 Å². The van der Waals surface area contributed by atoms with Crippen molar-refractivity contribution in [2.75, 3.05) is 11.1 Å². The molecule has 0 aliphatic heterocycles. The van der Waals surface area contributed by atoms with Crippen molar-refractivity contribution >= 4 is 34.1 Å². The third-order valence-electron chi connectivity index (χ3n) is 3.51. The monoisotopic (exact) mass is 399 g/mol. The van der Waals surface area contributed by atoms with Gasteiger partial charge in [0.05, 0.1) is 0 Å². The quantitative estimate of drug-likeness (QED) is 0.421. The Bertz CT molecular complexity index is 882.